The molecule has 1 aromatic heterocycles. The van der Waals surface area contributed by atoms with Crippen LogP contribution in [-0.4, -0.2) is 35.1 Å². The van der Waals surface area contributed by atoms with E-state index in [1.54, 1.807) is 0 Å². The third-order valence-corrected chi connectivity index (χ3v) is 4.65. The standard InChI is InChI=1S/C18H27N3/c1-3-11-21(16-9-10-19-12-16)14-15-13-20(4-2)18-8-6-5-7-17(15)18/h5-8,13,16,19H,3-4,9-12,14H2,1-2H3. The van der Waals surface area contributed by atoms with Crippen LogP contribution in [0.5, 0.6) is 0 Å². The van der Waals surface area contributed by atoms with Gasteiger partial charge in [-0.1, -0.05) is 25.1 Å². The van der Waals surface area contributed by atoms with Crippen molar-refractivity contribution in [2.24, 2.45) is 0 Å². The maximum absolute atomic E-state index is 3.50. The van der Waals surface area contributed by atoms with Crippen molar-refractivity contribution in [2.45, 2.75) is 45.8 Å². The summed E-state index contributed by atoms with van der Waals surface area (Å²) in [5.74, 6) is 0. The molecule has 1 aliphatic rings. The van der Waals surface area contributed by atoms with E-state index in [9.17, 15) is 0 Å². The van der Waals surface area contributed by atoms with Gasteiger partial charge >= 0.3 is 0 Å². The highest BCUT2D eigenvalue weighted by Crippen LogP contribution is 2.24. The zero-order valence-corrected chi connectivity index (χ0v) is 13.3. The van der Waals surface area contributed by atoms with E-state index in [2.05, 4.69) is 59.1 Å². The van der Waals surface area contributed by atoms with E-state index in [0.29, 0.717) is 6.04 Å². The number of hydrogen-bond donors (Lipinski definition) is 1. The third-order valence-electron chi connectivity index (χ3n) is 4.65. The van der Waals surface area contributed by atoms with Gasteiger partial charge in [-0.2, -0.15) is 0 Å². The lowest BCUT2D eigenvalue weighted by Gasteiger charge is -2.27. The zero-order valence-electron chi connectivity index (χ0n) is 13.3. The monoisotopic (exact) mass is 285 g/mol. The van der Waals surface area contributed by atoms with E-state index in [1.807, 2.05) is 0 Å². The highest BCUT2D eigenvalue weighted by atomic mass is 15.2. The van der Waals surface area contributed by atoms with Crippen molar-refractivity contribution >= 4 is 10.9 Å². The van der Waals surface area contributed by atoms with Crippen LogP contribution in [0, 0.1) is 0 Å². The van der Waals surface area contributed by atoms with Gasteiger partial charge in [-0.05, 0) is 44.5 Å². The van der Waals surface area contributed by atoms with Gasteiger partial charge in [0.25, 0.3) is 0 Å². The molecule has 21 heavy (non-hydrogen) atoms. The third kappa shape index (κ3) is 2.99. The molecule has 1 aromatic carbocycles. The summed E-state index contributed by atoms with van der Waals surface area (Å²) >= 11 is 0. The summed E-state index contributed by atoms with van der Waals surface area (Å²) in [5, 5.41) is 4.93. The number of rotatable bonds is 6. The fourth-order valence-corrected chi connectivity index (χ4v) is 3.56. The Morgan fingerprint density at radius 3 is 2.86 bits per heavy atom. The van der Waals surface area contributed by atoms with Crippen LogP contribution < -0.4 is 5.32 Å². The van der Waals surface area contributed by atoms with Crippen molar-refractivity contribution in [1.29, 1.82) is 0 Å². The highest BCUT2D eigenvalue weighted by molar-refractivity contribution is 5.83. The lowest BCUT2D eigenvalue weighted by molar-refractivity contribution is 0.200. The van der Waals surface area contributed by atoms with Gasteiger partial charge in [0.1, 0.15) is 0 Å². The Morgan fingerprint density at radius 1 is 1.29 bits per heavy atom. The second kappa shape index (κ2) is 6.63. The molecule has 2 aromatic rings. The molecule has 0 radical (unpaired) electrons. The molecule has 0 bridgehead atoms. The number of hydrogen-bond acceptors (Lipinski definition) is 2. The topological polar surface area (TPSA) is 20.2 Å². The summed E-state index contributed by atoms with van der Waals surface area (Å²) in [7, 11) is 0. The van der Waals surface area contributed by atoms with Gasteiger partial charge in [0.2, 0.25) is 0 Å². The minimum absolute atomic E-state index is 0.702. The number of fused-ring (bicyclic) bond motifs is 1. The van der Waals surface area contributed by atoms with Gasteiger partial charge in [0.05, 0.1) is 0 Å². The predicted molar refractivity (Wildman–Crippen MR) is 89.6 cm³/mol. The van der Waals surface area contributed by atoms with Crippen molar-refractivity contribution in [3.8, 4) is 0 Å². The van der Waals surface area contributed by atoms with Crippen molar-refractivity contribution in [2.75, 3.05) is 19.6 Å². The molecule has 0 amide bonds. The molecule has 3 heteroatoms. The molecular formula is C18H27N3. The fraction of sp³-hybridized carbons (Fsp3) is 0.556. The fourth-order valence-electron chi connectivity index (χ4n) is 3.56. The smallest absolute Gasteiger partial charge is 0.0483 e. The second-order valence-electron chi connectivity index (χ2n) is 6.07. The Balaban J connectivity index is 1.88. The summed E-state index contributed by atoms with van der Waals surface area (Å²) in [6.45, 7) is 10.1. The van der Waals surface area contributed by atoms with E-state index < -0.39 is 0 Å². The summed E-state index contributed by atoms with van der Waals surface area (Å²) in [6, 6.07) is 9.52. The van der Waals surface area contributed by atoms with Gasteiger partial charge in [-0.3, -0.25) is 4.90 Å². The van der Waals surface area contributed by atoms with Crippen LogP contribution >= 0.6 is 0 Å². The first-order valence-electron chi connectivity index (χ1n) is 8.35. The Kier molecular flexibility index (Phi) is 4.61. The molecule has 2 heterocycles. The maximum atomic E-state index is 3.50. The number of para-hydroxylation sites is 1. The quantitative estimate of drug-likeness (QED) is 0.879. The molecule has 1 aliphatic heterocycles. The minimum Gasteiger partial charge on any atom is -0.347 e. The van der Waals surface area contributed by atoms with Crippen molar-refractivity contribution in [3.05, 3.63) is 36.0 Å². The molecular weight excluding hydrogens is 258 g/mol. The molecule has 114 valence electrons. The Hall–Kier alpha value is -1.32. The molecule has 1 unspecified atom stereocenters. The summed E-state index contributed by atoms with van der Waals surface area (Å²) in [4.78, 5) is 2.67. The van der Waals surface area contributed by atoms with Crippen LogP contribution in [0.15, 0.2) is 30.5 Å². The average Bonchev–Trinajstić information content (AvgIpc) is 3.15. The van der Waals surface area contributed by atoms with Crippen LogP contribution in [0.1, 0.15) is 32.3 Å². The first kappa shape index (κ1) is 14.6. The molecule has 0 saturated carbocycles. The number of aryl methyl sites for hydroxylation is 1. The molecule has 1 fully saturated rings. The largest absolute Gasteiger partial charge is 0.347 e. The average molecular weight is 285 g/mol. The number of nitrogens with zero attached hydrogens (tertiary/aromatic N) is 2. The Labute approximate surface area is 127 Å². The Morgan fingerprint density at radius 2 is 2.14 bits per heavy atom. The van der Waals surface area contributed by atoms with E-state index in [0.717, 1.165) is 19.6 Å². The number of nitrogens with one attached hydrogen (secondary N) is 1. The van der Waals surface area contributed by atoms with Crippen LogP contribution in [0.2, 0.25) is 0 Å². The molecule has 3 nitrogen and oxygen atoms in total. The normalized spacial score (nSPS) is 18.9. The van der Waals surface area contributed by atoms with Crippen molar-refractivity contribution in [3.63, 3.8) is 0 Å². The molecule has 1 N–H and O–H groups in total. The van der Waals surface area contributed by atoms with E-state index in [1.165, 1.54) is 42.4 Å². The molecule has 1 saturated heterocycles. The SMILES string of the molecule is CCCN(Cc1cn(CC)c2ccccc12)C1CCNC1. The van der Waals surface area contributed by atoms with Gasteiger partial charge in [0.15, 0.2) is 0 Å². The number of aromatic nitrogens is 1. The molecule has 0 aliphatic carbocycles. The van der Waals surface area contributed by atoms with Crippen LogP contribution in [0.25, 0.3) is 10.9 Å². The molecule has 3 rings (SSSR count). The predicted octanol–water partition coefficient (Wildman–Crippen LogP) is 3.24. The van der Waals surface area contributed by atoms with Crippen LogP contribution in [0.3, 0.4) is 0 Å². The molecule has 1 atom stereocenters. The summed E-state index contributed by atoms with van der Waals surface area (Å²) in [5.41, 5.74) is 2.85. The van der Waals surface area contributed by atoms with E-state index >= 15 is 0 Å². The lowest BCUT2D eigenvalue weighted by atomic mass is 10.1. The van der Waals surface area contributed by atoms with Crippen LogP contribution in [-0.2, 0) is 13.1 Å². The van der Waals surface area contributed by atoms with Crippen molar-refractivity contribution in [1.82, 2.24) is 14.8 Å². The van der Waals surface area contributed by atoms with Gasteiger partial charge in [-0.15, -0.1) is 0 Å². The second-order valence-corrected chi connectivity index (χ2v) is 6.07. The number of benzene rings is 1. The Bertz CT molecular complexity index is 581. The molecule has 0 spiro atoms. The van der Waals surface area contributed by atoms with E-state index in [4.69, 9.17) is 0 Å². The van der Waals surface area contributed by atoms with Gasteiger partial charge < -0.3 is 9.88 Å². The first-order chi connectivity index (χ1) is 10.3. The summed E-state index contributed by atoms with van der Waals surface area (Å²) in [6.07, 6.45) is 4.87. The van der Waals surface area contributed by atoms with Crippen molar-refractivity contribution < 1.29 is 0 Å². The first-order valence-corrected chi connectivity index (χ1v) is 8.35. The maximum Gasteiger partial charge on any atom is 0.0483 e. The summed E-state index contributed by atoms with van der Waals surface area (Å²) < 4.78 is 2.38. The lowest BCUT2D eigenvalue weighted by Crippen LogP contribution is -2.36. The van der Waals surface area contributed by atoms with Gasteiger partial charge in [0, 0.05) is 42.8 Å². The highest BCUT2D eigenvalue weighted by Gasteiger charge is 2.22. The van der Waals surface area contributed by atoms with Crippen LogP contribution in [0.4, 0.5) is 0 Å². The minimum atomic E-state index is 0.702. The van der Waals surface area contributed by atoms with E-state index in [-0.39, 0.29) is 0 Å². The van der Waals surface area contributed by atoms with Gasteiger partial charge in [-0.25, -0.2) is 0 Å². The zero-order chi connectivity index (χ0) is 14.7.